The average molecular weight is 364 g/mol. The predicted octanol–water partition coefficient (Wildman–Crippen LogP) is 4.06. The van der Waals surface area contributed by atoms with Crippen LogP contribution in [0.1, 0.15) is 68.7 Å². The largest absolute Gasteiger partial charge is 0.300 e. The Balaban J connectivity index is 2.50. The molecule has 0 saturated carbocycles. The minimum atomic E-state index is -3.57. The zero-order valence-corrected chi connectivity index (χ0v) is 17.3. The van der Waals surface area contributed by atoms with Crippen molar-refractivity contribution in [2.24, 2.45) is 0 Å². The number of sulfone groups is 1. The summed E-state index contributed by atoms with van der Waals surface area (Å²) in [6, 6.07) is 4.18. The first-order valence-corrected chi connectivity index (χ1v) is 10.2. The summed E-state index contributed by atoms with van der Waals surface area (Å²) in [5.74, 6) is 0.560. The molecular weight excluding hydrogens is 334 g/mol. The number of hydrogen-bond donors (Lipinski definition) is 0. The maximum absolute atomic E-state index is 13.0. The van der Waals surface area contributed by atoms with Crippen LogP contribution in [0.5, 0.6) is 0 Å². The quantitative estimate of drug-likeness (QED) is 0.822. The van der Waals surface area contributed by atoms with Crippen molar-refractivity contribution in [1.82, 2.24) is 14.8 Å². The van der Waals surface area contributed by atoms with Crippen LogP contribution in [0, 0.1) is 20.8 Å². The van der Waals surface area contributed by atoms with Gasteiger partial charge in [-0.3, -0.25) is 4.57 Å². The second-order valence-corrected chi connectivity index (χ2v) is 9.97. The van der Waals surface area contributed by atoms with Gasteiger partial charge in [0.05, 0.1) is 5.75 Å². The maximum atomic E-state index is 13.0. The predicted molar refractivity (Wildman–Crippen MR) is 101 cm³/mol. The van der Waals surface area contributed by atoms with Crippen LogP contribution in [0.25, 0.3) is 0 Å². The van der Waals surface area contributed by atoms with Crippen LogP contribution in [0.3, 0.4) is 0 Å². The zero-order chi connectivity index (χ0) is 19.2. The fourth-order valence-corrected chi connectivity index (χ4v) is 4.84. The maximum Gasteiger partial charge on any atom is 0.250 e. The zero-order valence-electron chi connectivity index (χ0n) is 16.5. The lowest BCUT2D eigenvalue weighted by Gasteiger charge is -2.22. The molecule has 0 saturated heterocycles. The Morgan fingerprint density at radius 2 is 1.56 bits per heavy atom. The molecule has 0 atom stereocenters. The summed E-state index contributed by atoms with van der Waals surface area (Å²) >= 11 is 0. The molecule has 0 radical (unpaired) electrons. The fraction of sp³-hybridized carbons (Fsp3) is 0.579. The van der Waals surface area contributed by atoms with Gasteiger partial charge in [0.1, 0.15) is 5.82 Å². The molecule has 0 aliphatic heterocycles. The van der Waals surface area contributed by atoms with Crippen LogP contribution in [0.4, 0.5) is 0 Å². The molecule has 1 heterocycles. The Morgan fingerprint density at radius 1 is 1.04 bits per heavy atom. The molecular formula is C19H29N3O2S. The van der Waals surface area contributed by atoms with Crippen LogP contribution < -0.4 is 0 Å². The van der Waals surface area contributed by atoms with Crippen molar-refractivity contribution >= 4 is 9.84 Å². The molecule has 2 rings (SSSR count). The number of rotatable bonds is 4. The molecule has 0 N–H and O–H groups in total. The van der Waals surface area contributed by atoms with Gasteiger partial charge in [-0.15, -0.1) is 10.2 Å². The second-order valence-electron chi connectivity index (χ2n) is 8.09. The highest BCUT2D eigenvalue weighted by molar-refractivity contribution is 7.90. The van der Waals surface area contributed by atoms with Gasteiger partial charge in [0.15, 0.2) is 0 Å². The highest BCUT2D eigenvalue weighted by Crippen LogP contribution is 2.29. The monoisotopic (exact) mass is 363 g/mol. The van der Waals surface area contributed by atoms with Crippen molar-refractivity contribution < 1.29 is 8.42 Å². The van der Waals surface area contributed by atoms with E-state index >= 15 is 0 Å². The Kier molecular flexibility index (Phi) is 5.15. The summed E-state index contributed by atoms with van der Waals surface area (Å²) < 4.78 is 27.7. The number of nitrogens with zero attached hydrogens (tertiary/aromatic N) is 3. The van der Waals surface area contributed by atoms with Crippen LogP contribution >= 0.6 is 0 Å². The summed E-state index contributed by atoms with van der Waals surface area (Å²) in [6.07, 6.45) is 0. The van der Waals surface area contributed by atoms with E-state index in [0.717, 1.165) is 16.7 Å². The first-order chi connectivity index (χ1) is 11.3. The van der Waals surface area contributed by atoms with Gasteiger partial charge in [-0.1, -0.05) is 32.9 Å². The topological polar surface area (TPSA) is 64.8 Å². The van der Waals surface area contributed by atoms with Crippen molar-refractivity contribution in [2.45, 2.75) is 77.8 Å². The standard InChI is InChI=1S/C19H29N3O2S/c1-12(2)22-15(5)20-21-18(22)25(23,24)11-17-13(3)9-16(10-14(17)4)19(6,7)8/h9-10,12H,11H2,1-8H3. The van der Waals surface area contributed by atoms with E-state index in [1.165, 1.54) is 5.56 Å². The third kappa shape index (κ3) is 3.94. The molecule has 1 aromatic carbocycles. The molecule has 0 spiro atoms. The average Bonchev–Trinajstić information content (AvgIpc) is 2.84. The third-order valence-corrected chi connectivity index (χ3v) is 6.03. The highest BCUT2D eigenvalue weighted by Gasteiger charge is 2.27. The summed E-state index contributed by atoms with van der Waals surface area (Å²) in [5, 5.41) is 7.97. The van der Waals surface area contributed by atoms with Crippen molar-refractivity contribution in [3.8, 4) is 0 Å². The molecule has 0 bridgehead atoms. The smallest absolute Gasteiger partial charge is 0.250 e. The van der Waals surface area contributed by atoms with E-state index in [1.54, 1.807) is 11.5 Å². The Labute approximate surface area is 151 Å². The summed E-state index contributed by atoms with van der Waals surface area (Å²) in [7, 11) is -3.57. The fourth-order valence-electron chi connectivity index (χ4n) is 3.07. The van der Waals surface area contributed by atoms with Crippen molar-refractivity contribution in [1.29, 1.82) is 0 Å². The number of benzene rings is 1. The first kappa shape index (κ1) is 19.6. The Morgan fingerprint density at radius 3 is 2.00 bits per heavy atom. The molecule has 6 heteroatoms. The van der Waals surface area contributed by atoms with Crippen molar-refractivity contribution in [3.05, 3.63) is 40.2 Å². The van der Waals surface area contributed by atoms with E-state index in [-0.39, 0.29) is 22.4 Å². The van der Waals surface area contributed by atoms with Gasteiger partial charge >= 0.3 is 0 Å². The van der Waals surface area contributed by atoms with Gasteiger partial charge in [-0.05, 0) is 62.3 Å². The third-order valence-electron chi connectivity index (χ3n) is 4.53. The van der Waals surface area contributed by atoms with E-state index < -0.39 is 9.84 Å². The molecule has 2 aromatic rings. The number of aromatic nitrogens is 3. The molecule has 0 aliphatic rings. The second kappa shape index (κ2) is 6.56. The molecule has 1 aromatic heterocycles. The summed E-state index contributed by atoms with van der Waals surface area (Å²) in [4.78, 5) is 0. The highest BCUT2D eigenvalue weighted by atomic mass is 32.2. The molecule has 0 amide bonds. The van der Waals surface area contributed by atoms with Crippen LogP contribution in [0.2, 0.25) is 0 Å². The van der Waals surface area contributed by atoms with E-state index in [9.17, 15) is 8.42 Å². The Hall–Kier alpha value is -1.69. The lowest BCUT2D eigenvalue weighted by Crippen LogP contribution is -2.17. The normalized spacial score (nSPS) is 12.8. The van der Waals surface area contributed by atoms with Crippen molar-refractivity contribution in [3.63, 3.8) is 0 Å². The van der Waals surface area contributed by atoms with Crippen LogP contribution in [-0.2, 0) is 21.0 Å². The summed E-state index contributed by atoms with van der Waals surface area (Å²) in [6.45, 7) is 16.1. The number of hydrogen-bond acceptors (Lipinski definition) is 4. The lowest BCUT2D eigenvalue weighted by molar-refractivity contribution is 0.510. The van der Waals surface area contributed by atoms with Gasteiger partial charge in [0, 0.05) is 6.04 Å². The molecule has 0 fully saturated rings. The number of aryl methyl sites for hydroxylation is 3. The van der Waals surface area contributed by atoms with Crippen LogP contribution in [-0.4, -0.2) is 23.2 Å². The van der Waals surface area contributed by atoms with Gasteiger partial charge < -0.3 is 0 Å². The van der Waals surface area contributed by atoms with E-state index in [2.05, 4.69) is 43.1 Å². The molecule has 25 heavy (non-hydrogen) atoms. The molecule has 0 unspecified atom stereocenters. The summed E-state index contributed by atoms with van der Waals surface area (Å²) in [5.41, 5.74) is 4.09. The van der Waals surface area contributed by atoms with Gasteiger partial charge in [-0.25, -0.2) is 8.42 Å². The van der Waals surface area contributed by atoms with E-state index in [4.69, 9.17) is 0 Å². The molecule has 5 nitrogen and oxygen atoms in total. The van der Waals surface area contributed by atoms with Crippen LogP contribution in [0.15, 0.2) is 17.3 Å². The SMILES string of the molecule is Cc1cc(C(C)(C)C)cc(C)c1CS(=O)(=O)c1nnc(C)n1C(C)C. The van der Waals surface area contributed by atoms with Gasteiger partial charge in [0.25, 0.3) is 0 Å². The van der Waals surface area contributed by atoms with E-state index in [1.807, 2.05) is 27.7 Å². The van der Waals surface area contributed by atoms with Gasteiger partial charge in [-0.2, -0.15) is 0 Å². The molecule has 0 aliphatic carbocycles. The lowest BCUT2D eigenvalue weighted by atomic mass is 9.84. The van der Waals surface area contributed by atoms with Crippen molar-refractivity contribution in [2.75, 3.05) is 0 Å². The van der Waals surface area contributed by atoms with Gasteiger partial charge in [0.2, 0.25) is 15.0 Å². The first-order valence-electron chi connectivity index (χ1n) is 8.59. The molecule has 138 valence electrons. The Bertz CT molecular complexity index is 865. The van der Waals surface area contributed by atoms with E-state index in [0.29, 0.717) is 5.82 Å². The minimum Gasteiger partial charge on any atom is -0.300 e. The minimum absolute atomic E-state index is 0.00904.